The quantitative estimate of drug-likeness (QED) is 0.374. The molecule has 36 heavy (non-hydrogen) atoms. The van der Waals surface area contributed by atoms with Gasteiger partial charge in [0, 0.05) is 19.0 Å². The van der Waals surface area contributed by atoms with E-state index in [0.717, 1.165) is 5.56 Å². The summed E-state index contributed by atoms with van der Waals surface area (Å²) in [6, 6.07) is 6.71. The Morgan fingerprint density at radius 2 is 1.89 bits per heavy atom. The summed E-state index contributed by atoms with van der Waals surface area (Å²) in [7, 11) is 0. The molecule has 10 heteroatoms. The lowest BCUT2D eigenvalue weighted by atomic mass is 10.0. The molecule has 2 saturated heterocycles. The van der Waals surface area contributed by atoms with E-state index in [2.05, 4.69) is 5.32 Å². The van der Waals surface area contributed by atoms with Crippen molar-refractivity contribution in [1.82, 2.24) is 15.1 Å². The fraction of sp³-hybridized carbons (Fsp3) is 0.615. The smallest absolute Gasteiger partial charge is 0.246 e. The second kappa shape index (κ2) is 12.6. The molecule has 2 aliphatic heterocycles. The number of hydrogen-bond acceptors (Lipinski definition) is 6. The van der Waals surface area contributed by atoms with Gasteiger partial charge < -0.3 is 26.6 Å². The topological polar surface area (TPSA) is 139 Å². The number of carbonyl (C=O) groups is 4. The van der Waals surface area contributed by atoms with Crippen molar-refractivity contribution in [2.75, 3.05) is 25.1 Å². The van der Waals surface area contributed by atoms with E-state index in [4.69, 9.17) is 11.5 Å². The Hall–Kier alpha value is -2.59. The molecular weight excluding hydrogens is 478 g/mol. The van der Waals surface area contributed by atoms with E-state index < -0.39 is 30.1 Å². The lowest BCUT2D eigenvalue weighted by Gasteiger charge is -2.32. The van der Waals surface area contributed by atoms with Crippen molar-refractivity contribution in [1.29, 1.82) is 0 Å². The Balaban J connectivity index is 1.73. The fourth-order valence-electron chi connectivity index (χ4n) is 5.20. The van der Waals surface area contributed by atoms with Gasteiger partial charge in [-0.15, -0.1) is 0 Å². The van der Waals surface area contributed by atoms with Gasteiger partial charge in [0.05, 0.1) is 6.04 Å². The molecule has 1 aromatic carbocycles. The molecule has 5 atom stereocenters. The molecule has 0 unspecified atom stereocenters. The summed E-state index contributed by atoms with van der Waals surface area (Å²) in [4.78, 5) is 55.3. The minimum absolute atomic E-state index is 0.0451. The highest BCUT2D eigenvalue weighted by Gasteiger charge is 2.52. The van der Waals surface area contributed by atoms with Gasteiger partial charge in [0.15, 0.2) is 0 Å². The molecule has 1 aromatic rings. The van der Waals surface area contributed by atoms with Crippen LogP contribution in [0.4, 0.5) is 0 Å². The molecule has 2 heterocycles. The van der Waals surface area contributed by atoms with Crippen LogP contribution in [0.15, 0.2) is 30.3 Å². The van der Waals surface area contributed by atoms with Gasteiger partial charge in [0.2, 0.25) is 23.6 Å². The van der Waals surface area contributed by atoms with Crippen molar-refractivity contribution >= 4 is 35.4 Å². The molecule has 0 spiro atoms. The number of nitrogens with two attached hydrogens (primary N) is 2. The first-order chi connectivity index (χ1) is 17.1. The summed E-state index contributed by atoms with van der Waals surface area (Å²) in [5, 5.41) is 2.78. The van der Waals surface area contributed by atoms with Crippen LogP contribution in [0.25, 0.3) is 0 Å². The Kier molecular flexibility index (Phi) is 9.78. The van der Waals surface area contributed by atoms with Crippen molar-refractivity contribution in [2.24, 2.45) is 23.3 Å². The molecule has 0 saturated carbocycles. The standard InChI is InChI=1S/C26H39N5O4S/c1-16(2)13-21(24(33)29-20(23(28)32)10-12-36-3)31-15-18-9-11-30(22(18)26(31)35)25(34)19(27)14-17-7-5-4-6-8-17/h4-8,16,18-22H,9-15,27H2,1-3H3,(H2,28,32)(H,29,33)/t18-,19-,20-,21-,22-/m0/s1. The third-order valence-corrected chi connectivity index (χ3v) is 7.68. The molecule has 2 fully saturated rings. The normalized spacial score (nSPS) is 21.9. The average Bonchev–Trinajstić information content (AvgIpc) is 3.40. The molecule has 4 amide bonds. The van der Waals surface area contributed by atoms with Gasteiger partial charge in [0.25, 0.3) is 0 Å². The van der Waals surface area contributed by atoms with Gasteiger partial charge in [0.1, 0.15) is 18.1 Å². The third-order valence-electron chi connectivity index (χ3n) is 7.03. The van der Waals surface area contributed by atoms with E-state index in [1.807, 2.05) is 50.4 Å². The zero-order valence-corrected chi connectivity index (χ0v) is 22.2. The number of benzene rings is 1. The molecule has 5 N–H and O–H groups in total. The van der Waals surface area contributed by atoms with E-state index >= 15 is 0 Å². The zero-order valence-electron chi connectivity index (χ0n) is 21.4. The second-order valence-electron chi connectivity index (χ2n) is 10.2. The van der Waals surface area contributed by atoms with Crippen LogP contribution < -0.4 is 16.8 Å². The van der Waals surface area contributed by atoms with Gasteiger partial charge in [-0.2, -0.15) is 11.8 Å². The largest absolute Gasteiger partial charge is 0.368 e. The molecule has 9 nitrogen and oxygen atoms in total. The molecular formula is C26H39N5O4S. The monoisotopic (exact) mass is 517 g/mol. The van der Waals surface area contributed by atoms with Gasteiger partial charge in [-0.05, 0) is 49.2 Å². The van der Waals surface area contributed by atoms with Crippen molar-refractivity contribution in [3.05, 3.63) is 35.9 Å². The highest BCUT2D eigenvalue weighted by molar-refractivity contribution is 7.98. The van der Waals surface area contributed by atoms with Crippen LogP contribution >= 0.6 is 11.8 Å². The van der Waals surface area contributed by atoms with Crippen LogP contribution in [0.5, 0.6) is 0 Å². The molecule has 198 valence electrons. The number of fused-ring (bicyclic) bond motifs is 1. The molecule has 0 aromatic heterocycles. The Labute approximate surface area is 217 Å². The van der Waals surface area contributed by atoms with Crippen molar-refractivity contribution in [2.45, 2.75) is 63.7 Å². The molecule has 0 aliphatic carbocycles. The van der Waals surface area contributed by atoms with Crippen LogP contribution in [-0.2, 0) is 25.6 Å². The highest BCUT2D eigenvalue weighted by Crippen LogP contribution is 2.35. The zero-order chi connectivity index (χ0) is 26.4. The average molecular weight is 518 g/mol. The summed E-state index contributed by atoms with van der Waals surface area (Å²) in [5.74, 6) is -0.651. The summed E-state index contributed by atoms with van der Waals surface area (Å²) in [6.07, 6.45) is 3.88. The molecule has 3 rings (SSSR count). The first-order valence-corrected chi connectivity index (χ1v) is 14.0. The third kappa shape index (κ3) is 6.59. The van der Waals surface area contributed by atoms with Gasteiger partial charge in [-0.3, -0.25) is 19.2 Å². The number of primary amides is 1. The number of amides is 4. The molecule has 2 aliphatic rings. The number of hydrogen-bond donors (Lipinski definition) is 3. The predicted molar refractivity (Wildman–Crippen MR) is 141 cm³/mol. The van der Waals surface area contributed by atoms with Crippen molar-refractivity contribution in [3.8, 4) is 0 Å². The van der Waals surface area contributed by atoms with Crippen LogP contribution in [0.1, 0.15) is 38.7 Å². The number of nitrogens with zero attached hydrogens (tertiary/aromatic N) is 2. The lowest BCUT2D eigenvalue weighted by Crippen LogP contribution is -2.56. The van der Waals surface area contributed by atoms with Crippen LogP contribution in [0, 0.1) is 11.8 Å². The first-order valence-electron chi connectivity index (χ1n) is 12.6. The number of nitrogens with one attached hydrogen (secondary N) is 1. The van der Waals surface area contributed by atoms with Crippen LogP contribution in [0.2, 0.25) is 0 Å². The van der Waals surface area contributed by atoms with Crippen molar-refractivity contribution in [3.63, 3.8) is 0 Å². The van der Waals surface area contributed by atoms with Crippen LogP contribution in [0.3, 0.4) is 0 Å². The minimum atomic E-state index is -0.786. The number of thioether (sulfide) groups is 1. The Bertz CT molecular complexity index is 944. The summed E-state index contributed by atoms with van der Waals surface area (Å²) < 4.78 is 0. The Morgan fingerprint density at radius 3 is 2.50 bits per heavy atom. The Morgan fingerprint density at radius 1 is 1.19 bits per heavy atom. The maximum atomic E-state index is 13.6. The maximum absolute atomic E-state index is 13.6. The van der Waals surface area contributed by atoms with E-state index in [0.29, 0.717) is 44.5 Å². The first kappa shape index (κ1) is 28.0. The van der Waals surface area contributed by atoms with E-state index in [1.165, 1.54) is 0 Å². The number of likely N-dealkylation sites (tertiary alicyclic amines) is 2. The second-order valence-corrected chi connectivity index (χ2v) is 11.2. The van der Waals surface area contributed by atoms with Gasteiger partial charge >= 0.3 is 0 Å². The van der Waals surface area contributed by atoms with E-state index in [1.54, 1.807) is 21.6 Å². The molecule has 0 radical (unpaired) electrons. The lowest BCUT2D eigenvalue weighted by molar-refractivity contribution is -0.145. The minimum Gasteiger partial charge on any atom is -0.368 e. The fourth-order valence-corrected chi connectivity index (χ4v) is 5.67. The van der Waals surface area contributed by atoms with Crippen LogP contribution in [-0.4, -0.2) is 82.7 Å². The number of carbonyl (C=O) groups excluding carboxylic acids is 4. The van der Waals surface area contributed by atoms with Crippen molar-refractivity contribution < 1.29 is 19.2 Å². The predicted octanol–water partition coefficient (Wildman–Crippen LogP) is 0.754. The van der Waals surface area contributed by atoms with Gasteiger partial charge in [-0.1, -0.05) is 44.2 Å². The summed E-state index contributed by atoms with van der Waals surface area (Å²) >= 11 is 1.56. The summed E-state index contributed by atoms with van der Waals surface area (Å²) in [5.41, 5.74) is 12.7. The SMILES string of the molecule is CSCC[C@H](NC(=O)[C@H](CC(C)C)N1C[C@@H]2CCN(C(=O)[C@@H](N)Cc3ccccc3)[C@@H]2C1=O)C(N)=O. The number of rotatable bonds is 12. The van der Waals surface area contributed by atoms with E-state index in [9.17, 15) is 19.2 Å². The molecule has 0 bridgehead atoms. The highest BCUT2D eigenvalue weighted by atomic mass is 32.2. The van der Waals surface area contributed by atoms with Gasteiger partial charge in [-0.25, -0.2) is 0 Å². The summed E-state index contributed by atoms with van der Waals surface area (Å²) in [6.45, 7) is 4.85. The maximum Gasteiger partial charge on any atom is 0.246 e. The van der Waals surface area contributed by atoms with E-state index in [-0.39, 0.29) is 29.6 Å².